The number of quaternary nitrogens is 1. The summed E-state index contributed by atoms with van der Waals surface area (Å²) in [4.78, 5) is 13.4. The van der Waals surface area contributed by atoms with Crippen molar-refractivity contribution < 1.29 is 14.4 Å². The van der Waals surface area contributed by atoms with Gasteiger partial charge in [0.15, 0.2) is 6.54 Å². The molecule has 104 valence electrons. The van der Waals surface area contributed by atoms with Gasteiger partial charge in [0.2, 0.25) is 0 Å². The summed E-state index contributed by atoms with van der Waals surface area (Å²) in [5.41, 5.74) is 0.829. The number of carbonyl (C=O) groups is 1. The monoisotopic (exact) mass is 263 g/mol. The van der Waals surface area contributed by atoms with Crippen molar-refractivity contribution in [3.05, 3.63) is 24.3 Å². The zero-order valence-corrected chi connectivity index (χ0v) is 11.7. The van der Waals surface area contributed by atoms with E-state index in [1.165, 1.54) is 17.7 Å². The quantitative estimate of drug-likeness (QED) is 0.849. The molecule has 4 heteroatoms. The van der Waals surface area contributed by atoms with Gasteiger partial charge in [-0.1, -0.05) is 6.92 Å². The summed E-state index contributed by atoms with van der Waals surface area (Å²) in [7, 11) is 1.63. The SMILES string of the molecule is COc1ccc(NC(=O)C[NH+]2CCC[C@@H](C)C2)cc1. The number of likely N-dealkylation sites (tertiary alicyclic amines) is 1. The van der Waals surface area contributed by atoms with Crippen molar-refractivity contribution in [2.45, 2.75) is 19.8 Å². The average molecular weight is 263 g/mol. The maximum atomic E-state index is 12.0. The fourth-order valence-corrected chi connectivity index (χ4v) is 2.66. The van der Waals surface area contributed by atoms with Gasteiger partial charge in [-0.3, -0.25) is 4.79 Å². The molecule has 0 aliphatic carbocycles. The van der Waals surface area contributed by atoms with Crippen molar-refractivity contribution in [2.75, 3.05) is 32.1 Å². The largest absolute Gasteiger partial charge is 0.497 e. The molecule has 1 saturated heterocycles. The minimum atomic E-state index is 0.0919. The molecule has 2 atom stereocenters. The highest BCUT2D eigenvalue weighted by molar-refractivity contribution is 5.91. The smallest absolute Gasteiger partial charge is 0.279 e. The Bertz CT molecular complexity index is 417. The summed E-state index contributed by atoms with van der Waals surface area (Å²) in [6, 6.07) is 7.44. The third-order valence-corrected chi connectivity index (χ3v) is 3.65. The van der Waals surface area contributed by atoms with E-state index in [0.717, 1.165) is 30.4 Å². The minimum Gasteiger partial charge on any atom is -0.497 e. The number of hydrogen-bond donors (Lipinski definition) is 2. The lowest BCUT2D eigenvalue weighted by molar-refractivity contribution is -0.900. The Kier molecular flexibility index (Phi) is 4.80. The lowest BCUT2D eigenvalue weighted by Crippen LogP contribution is -3.14. The van der Waals surface area contributed by atoms with Gasteiger partial charge < -0.3 is 15.0 Å². The molecule has 1 amide bonds. The van der Waals surface area contributed by atoms with E-state index in [1.54, 1.807) is 7.11 Å². The number of ether oxygens (including phenoxy) is 1. The van der Waals surface area contributed by atoms with Gasteiger partial charge >= 0.3 is 0 Å². The van der Waals surface area contributed by atoms with E-state index in [9.17, 15) is 4.79 Å². The summed E-state index contributed by atoms with van der Waals surface area (Å²) in [6.07, 6.45) is 2.52. The first kappa shape index (κ1) is 13.9. The second-order valence-corrected chi connectivity index (χ2v) is 5.40. The van der Waals surface area contributed by atoms with Crippen LogP contribution in [0.25, 0.3) is 0 Å². The van der Waals surface area contributed by atoms with Crippen LogP contribution in [-0.4, -0.2) is 32.7 Å². The van der Waals surface area contributed by atoms with E-state index >= 15 is 0 Å². The first-order valence-corrected chi connectivity index (χ1v) is 6.95. The van der Waals surface area contributed by atoms with Crippen molar-refractivity contribution >= 4 is 11.6 Å². The number of amides is 1. The van der Waals surface area contributed by atoms with Gasteiger partial charge in [-0.2, -0.15) is 0 Å². The summed E-state index contributed by atoms with van der Waals surface area (Å²) < 4.78 is 5.09. The van der Waals surface area contributed by atoms with Gasteiger partial charge in [0.05, 0.1) is 20.2 Å². The molecule has 1 aromatic carbocycles. The second kappa shape index (κ2) is 6.57. The van der Waals surface area contributed by atoms with Crippen LogP contribution in [0.2, 0.25) is 0 Å². The maximum Gasteiger partial charge on any atom is 0.279 e. The standard InChI is InChI=1S/C15H22N2O2/c1-12-4-3-9-17(10-12)11-15(18)16-13-5-7-14(19-2)8-6-13/h5-8,12H,3-4,9-11H2,1-2H3,(H,16,18)/p+1/t12-/m1/s1. The van der Waals surface area contributed by atoms with Gasteiger partial charge in [-0.15, -0.1) is 0 Å². The van der Waals surface area contributed by atoms with Gasteiger partial charge in [-0.25, -0.2) is 0 Å². The van der Waals surface area contributed by atoms with Crippen LogP contribution < -0.4 is 15.0 Å². The van der Waals surface area contributed by atoms with Gasteiger partial charge in [0.1, 0.15) is 5.75 Å². The predicted octanol–water partition coefficient (Wildman–Crippen LogP) is 0.948. The number of benzene rings is 1. The molecule has 1 aromatic rings. The highest BCUT2D eigenvalue weighted by atomic mass is 16.5. The zero-order chi connectivity index (χ0) is 13.7. The number of rotatable bonds is 4. The fraction of sp³-hybridized carbons (Fsp3) is 0.533. The Morgan fingerprint density at radius 3 is 2.79 bits per heavy atom. The molecule has 1 heterocycles. The third kappa shape index (κ3) is 4.24. The Balaban J connectivity index is 1.83. The Labute approximate surface area is 114 Å². The minimum absolute atomic E-state index is 0.0919. The van der Waals surface area contributed by atoms with E-state index in [0.29, 0.717) is 6.54 Å². The lowest BCUT2D eigenvalue weighted by atomic mass is 10.0. The highest BCUT2D eigenvalue weighted by Gasteiger charge is 2.21. The molecule has 1 aliphatic heterocycles. The van der Waals surface area contributed by atoms with E-state index in [-0.39, 0.29) is 5.91 Å². The van der Waals surface area contributed by atoms with Crippen molar-refractivity contribution in [1.29, 1.82) is 0 Å². The molecule has 19 heavy (non-hydrogen) atoms. The summed E-state index contributed by atoms with van der Waals surface area (Å²) in [5.74, 6) is 1.63. The van der Waals surface area contributed by atoms with Crippen molar-refractivity contribution in [2.24, 2.45) is 5.92 Å². The number of anilines is 1. The molecular formula is C15H23N2O2+. The Hall–Kier alpha value is -1.55. The number of methoxy groups -OCH3 is 1. The molecule has 0 bridgehead atoms. The van der Waals surface area contributed by atoms with Crippen LogP contribution in [0.4, 0.5) is 5.69 Å². The first-order chi connectivity index (χ1) is 9.17. The van der Waals surface area contributed by atoms with Crippen LogP contribution in [0.5, 0.6) is 5.75 Å². The Morgan fingerprint density at radius 1 is 1.42 bits per heavy atom. The molecule has 1 aliphatic rings. The molecule has 0 spiro atoms. The van der Waals surface area contributed by atoms with Crippen LogP contribution in [0.3, 0.4) is 0 Å². The van der Waals surface area contributed by atoms with Crippen LogP contribution in [-0.2, 0) is 4.79 Å². The van der Waals surface area contributed by atoms with Crippen LogP contribution in [0.1, 0.15) is 19.8 Å². The van der Waals surface area contributed by atoms with Crippen LogP contribution >= 0.6 is 0 Å². The molecule has 0 radical (unpaired) electrons. The van der Waals surface area contributed by atoms with E-state index in [1.807, 2.05) is 24.3 Å². The van der Waals surface area contributed by atoms with Crippen LogP contribution in [0.15, 0.2) is 24.3 Å². The summed E-state index contributed by atoms with van der Waals surface area (Å²) in [6.45, 7) is 5.05. The number of piperidine rings is 1. The van der Waals surface area contributed by atoms with Crippen molar-refractivity contribution in [3.63, 3.8) is 0 Å². The molecule has 0 saturated carbocycles. The molecule has 0 aromatic heterocycles. The van der Waals surface area contributed by atoms with E-state index in [2.05, 4.69) is 12.2 Å². The topological polar surface area (TPSA) is 42.8 Å². The normalized spacial score (nSPS) is 22.8. The molecule has 1 unspecified atom stereocenters. The molecule has 1 fully saturated rings. The molecule has 2 N–H and O–H groups in total. The third-order valence-electron chi connectivity index (χ3n) is 3.65. The molecule has 4 nitrogen and oxygen atoms in total. The fourth-order valence-electron chi connectivity index (χ4n) is 2.66. The number of carbonyl (C=O) groups excluding carboxylic acids is 1. The first-order valence-electron chi connectivity index (χ1n) is 6.95. The number of hydrogen-bond acceptors (Lipinski definition) is 2. The molecular weight excluding hydrogens is 240 g/mol. The van der Waals surface area contributed by atoms with Gasteiger partial charge in [-0.05, 0) is 37.1 Å². The number of nitrogens with one attached hydrogen (secondary N) is 2. The van der Waals surface area contributed by atoms with Crippen molar-refractivity contribution in [1.82, 2.24) is 0 Å². The second-order valence-electron chi connectivity index (χ2n) is 5.40. The molecule has 2 rings (SSSR count). The average Bonchev–Trinajstić information content (AvgIpc) is 2.39. The Morgan fingerprint density at radius 2 is 2.16 bits per heavy atom. The maximum absolute atomic E-state index is 12.0. The van der Waals surface area contributed by atoms with Crippen LogP contribution in [0, 0.1) is 5.92 Å². The van der Waals surface area contributed by atoms with Gasteiger partial charge in [0.25, 0.3) is 5.91 Å². The van der Waals surface area contributed by atoms with E-state index in [4.69, 9.17) is 4.74 Å². The zero-order valence-electron chi connectivity index (χ0n) is 11.7. The van der Waals surface area contributed by atoms with Gasteiger partial charge in [0, 0.05) is 11.6 Å². The predicted molar refractivity (Wildman–Crippen MR) is 75.6 cm³/mol. The highest BCUT2D eigenvalue weighted by Crippen LogP contribution is 2.14. The van der Waals surface area contributed by atoms with E-state index < -0.39 is 0 Å². The summed E-state index contributed by atoms with van der Waals surface area (Å²) >= 11 is 0. The summed E-state index contributed by atoms with van der Waals surface area (Å²) in [5, 5.41) is 2.94. The van der Waals surface area contributed by atoms with Crippen molar-refractivity contribution in [3.8, 4) is 5.75 Å². The lowest BCUT2D eigenvalue weighted by Gasteiger charge is -2.27.